The normalized spacial score (nSPS) is 49.0. The van der Waals surface area contributed by atoms with Gasteiger partial charge in [0.15, 0.2) is 11.6 Å². The molecule has 0 aromatic rings. The Morgan fingerprint density at radius 2 is 1.80 bits per heavy atom. The van der Waals surface area contributed by atoms with Crippen LogP contribution in [0, 0.1) is 34.0 Å². The summed E-state index contributed by atoms with van der Waals surface area (Å²) >= 11 is 0. The Hall–Kier alpha value is -0.960. The quantitative estimate of drug-likeness (QED) is 0.821. The number of ketones is 2. The first kappa shape index (κ1) is 17.5. The number of allylic oxidation sites excluding steroid dienone is 1. The van der Waals surface area contributed by atoms with Crippen LogP contribution in [-0.2, 0) is 9.59 Å². The van der Waals surface area contributed by atoms with E-state index in [0.29, 0.717) is 24.0 Å². The second-order valence-corrected chi connectivity index (χ2v) is 9.96. The average molecular weight is 344 g/mol. The third-order valence-electron chi connectivity index (χ3n) is 9.11. The van der Waals surface area contributed by atoms with Gasteiger partial charge in [-0.3, -0.25) is 9.59 Å². The summed E-state index contributed by atoms with van der Waals surface area (Å²) in [5.41, 5.74) is 1.87. The fraction of sp³-hybridized carbons (Fsp3) is 0.818. The van der Waals surface area contributed by atoms with Gasteiger partial charge in [-0.05, 0) is 79.1 Å². The van der Waals surface area contributed by atoms with Crippen molar-refractivity contribution in [2.75, 3.05) is 6.61 Å². The van der Waals surface area contributed by atoms with Crippen LogP contribution in [0.3, 0.4) is 0 Å². The fourth-order valence-electron chi connectivity index (χ4n) is 7.86. The molecule has 0 spiro atoms. The zero-order valence-corrected chi connectivity index (χ0v) is 15.9. The largest absolute Gasteiger partial charge is 0.389 e. The lowest BCUT2D eigenvalue weighted by Gasteiger charge is -2.63. The molecule has 3 fully saturated rings. The van der Waals surface area contributed by atoms with Gasteiger partial charge in [-0.1, -0.05) is 26.3 Å². The molecule has 3 saturated carbocycles. The molecule has 0 bridgehead atoms. The van der Waals surface area contributed by atoms with Crippen molar-refractivity contribution in [2.24, 2.45) is 34.0 Å². The molecule has 0 unspecified atom stereocenters. The van der Waals surface area contributed by atoms with Crippen LogP contribution in [0.5, 0.6) is 0 Å². The van der Waals surface area contributed by atoms with Crippen LogP contribution < -0.4 is 0 Å². The number of fused-ring (bicyclic) bond motifs is 5. The molecule has 25 heavy (non-hydrogen) atoms. The number of carbonyl (C=O) groups excluding carboxylic acids is 2. The topological polar surface area (TPSA) is 54.4 Å². The Morgan fingerprint density at radius 3 is 2.52 bits per heavy atom. The summed E-state index contributed by atoms with van der Waals surface area (Å²) in [4.78, 5) is 24.3. The molecule has 0 amide bonds. The van der Waals surface area contributed by atoms with Gasteiger partial charge < -0.3 is 5.11 Å². The SMILES string of the molecule is C[C@]12CC[C@@H]3[C@](C)(CCC4=CC(=O)CC[C@@]43C)[C@H]1CC[C@H]2C(=O)CO. The van der Waals surface area contributed by atoms with Gasteiger partial charge in [0.1, 0.15) is 6.61 Å². The molecule has 4 rings (SSSR count). The molecule has 4 aliphatic rings. The van der Waals surface area contributed by atoms with Gasteiger partial charge in [-0.25, -0.2) is 0 Å². The highest BCUT2D eigenvalue weighted by molar-refractivity contribution is 5.91. The Kier molecular flexibility index (Phi) is 3.85. The van der Waals surface area contributed by atoms with Gasteiger partial charge in [0.2, 0.25) is 0 Å². The van der Waals surface area contributed by atoms with Crippen molar-refractivity contribution in [2.45, 2.75) is 72.1 Å². The van der Waals surface area contributed by atoms with Crippen LogP contribution in [0.15, 0.2) is 11.6 Å². The monoisotopic (exact) mass is 344 g/mol. The molecule has 6 atom stereocenters. The molecule has 0 heterocycles. The second kappa shape index (κ2) is 5.52. The lowest BCUT2D eigenvalue weighted by Crippen LogP contribution is -2.56. The van der Waals surface area contributed by atoms with Crippen LogP contribution in [-0.4, -0.2) is 23.3 Å². The molecular formula is C22H32O3. The van der Waals surface area contributed by atoms with Gasteiger partial charge in [0.05, 0.1) is 0 Å². The van der Waals surface area contributed by atoms with Gasteiger partial charge in [-0.2, -0.15) is 0 Å². The van der Waals surface area contributed by atoms with Crippen LogP contribution >= 0.6 is 0 Å². The summed E-state index contributed by atoms with van der Waals surface area (Å²) in [6, 6.07) is 0. The van der Waals surface area contributed by atoms with Gasteiger partial charge >= 0.3 is 0 Å². The van der Waals surface area contributed by atoms with E-state index >= 15 is 0 Å². The zero-order valence-electron chi connectivity index (χ0n) is 15.9. The number of aliphatic hydroxyl groups is 1. The van der Waals surface area contributed by atoms with Crippen LogP contribution in [0.25, 0.3) is 0 Å². The highest BCUT2D eigenvalue weighted by atomic mass is 16.3. The molecule has 138 valence electrons. The average Bonchev–Trinajstić information content (AvgIpc) is 2.93. The maximum absolute atomic E-state index is 12.4. The summed E-state index contributed by atoms with van der Waals surface area (Å²) in [5, 5.41) is 9.43. The predicted molar refractivity (Wildman–Crippen MR) is 96.9 cm³/mol. The third kappa shape index (κ3) is 2.20. The number of rotatable bonds is 2. The van der Waals surface area contributed by atoms with E-state index in [2.05, 4.69) is 20.8 Å². The lowest BCUT2D eigenvalue weighted by molar-refractivity contribution is -0.142. The first-order valence-electron chi connectivity index (χ1n) is 10.1. The van der Waals surface area contributed by atoms with Crippen molar-refractivity contribution < 1.29 is 14.7 Å². The van der Waals surface area contributed by atoms with Gasteiger partial charge in [-0.15, -0.1) is 0 Å². The molecule has 0 aliphatic heterocycles. The second-order valence-electron chi connectivity index (χ2n) is 9.96. The van der Waals surface area contributed by atoms with E-state index in [4.69, 9.17) is 0 Å². The molecule has 1 N–H and O–H groups in total. The highest BCUT2D eigenvalue weighted by Gasteiger charge is 2.64. The lowest BCUT2D eigenvalue weighted by atomic mass is 9.41. The molecule has 0 aromatic heterocycles. The Labute approximate surface area is 151 Å². The van der Waals surface area contributed by atoms with Crippen molar-refractivity contribution in [3.63, 3.8) is 0 Å². The van der Waals surface area contributed by atoms with Crippen molar-refractivity contribution in [1.82, 2.24) is 0 Å². The zero-order chi connectivity index (χ0) is 18.0. The maximum Gasteiger partial charge on any atom is 0.161 e. The fourth-order valence-corrected chi connectivity index (χ4v) is 7.86. The molecule has 0 aromatic carbocycles. The van der Waals surface area contributed by atoms with Gasteiger partial charge in [0.25, 0.3) is 0 Å². The number of carbonyl (C=O) groups is 2. The maximum atomic E-state index is 12.4. The van der Waals surface area contributed by atoms with E-state index in [1.165, 1.54) is 5.57 Å². The highest BCUT2D eigenvalue weighted by Crippen LogP contribution is 2.71. The number of Topliss-reactive ketones (excluding diaryl/α,β-unsaturated/α-hetero) is 1. The number of hydrogen-bond acceptors (Lipinski definition) is 3. The summed E-state index contributed by atoms with van der Waals surface area (Å²) in [5.74, 6) is 1.59. The molecule has 0 saturated heterocycles. The summed E-state index contributed by atoms with van der Waals surface area (Å²) in [7, 11) is 0. The minimum atomic E-state index is -0.306. The van der Waals surface area contributed by atoms with Crippen LogP contribution in [0.2, 0.25) is 0 Å². The first-order valence-corrected chi connectivity index (χ1v) is 10.1. The van der Waals surface area contributed by atoms with Crippen molar-refractivity contribution >= 4 is 11.6 Å². The molecule has 3 heteroatoms. The Balaban J connectivity index is 1.71. The Morgan fingerprint density at radius 1 is 1.04 bits per heavy atom. The van der Waals surface area contributed by atoms with E-state index in [1.54, 1.807) is 0 Å². The smallest absolute Gasteiger partial charge is 0.161 e. The van der Waals surface area contributed by atoms with E-state index in [0.717, 1.165) is 44.9 Å². The number of hydrogen-bond donors (Lipinski definition) is 1. The molecule has 3 nitrogen and oxygen atoms in total. The molecule has 0 radical (unpaired) electrons. The predicted octanol–water partition coefficient (Wildman–Crippen LogP) is 4.09. The van der Waals surface area contributed by atoms with Gasteiger partial charge in [0, 0.05) is 12.3 Å². The van der Waals surface area contributed by atoms with Crippen molar-refractivity contribution in [3.8, 4) is 0 Å². The minimum Gasteiger partial charge on any atom is -0.389 e. The first-order chi connectivity index (χ1) is 11.8. The molecule has 4 aliphatic carbocycles. The van der Waals surface area contributed by atoms with Crippen LogP contribution in [0.1, 0.15) is 72.1 Å². The molecular weight excluding hydrogens is 312 g/mol. The standard InChI is InChI=1S/C22H32O3/c1-20-10-7-15(24)12-14(20)6-9-22(3)18-5-4-16(17(25)13-23)21(18,2)11-8-19(20)22/h12,16,18-19,23H,4-11,13H2,1-3H3/t16-,18-,19-,20-,21+,22+/m0/s1. The minimum absolute atomic E-state index is 0.0398. The Bertz CT molecular complexity index is 650. The van der Waals surface area contributed by atoms with Crippen molar-refractivity contribution in [3.05, 3.63) is 11.6 Å². The summed E-state index contributed by atoms with van der Waals surface area (Å²) < 4.78 is 0. The third-order valence-corrected chi connectivity index (χ3v) is 9.11. The van der Waals surface area contributed by atoms with E-state index in [1.807, 2.05) is 6.08 Å². The van der Waals surface area contributed by atoms with E-state index in [9.17, 15) is 14.7 Å². The van der Waals surface area contributed by atoms with E-state index in [-0.39, 0.29) is 34.6 Å². The summed E-state index contributed by atoms with van der Waals surface area (Å²) in [6.07, 6.45) is 10.2. The van der Waals surface area contributed by atoms with Crippen LogP contribution in [0.4, 0.5) is 0 Å². The number of aliphatic hydroxyl groups excluding tert-OH is 1. The van der Waals surface area contributed by atoms with E-state index < -0.39 is 0 Å². The van der Waals surface area contributed by atoms with Crippen molar-refractivity contribution in [1.29, 1.82) is 0 Å². The summed E-state index contributed by atoms with van der Waals surface area (Å²) in [6.45, 7) is 6.90.